The van der Waals surface area contributed by atoms with Crippen molar-refractivity contribution in [1.82, 2.24) is 19.5 Å². The van der Waals surface area contributed by atoms with Gasteiger partial charge < -0.3 is 15.6 Å². The molecule has 3 N–H and O–H groups in total. The number of imidazole rings is 1. The number of nitrogens with two attached hydrogens (primary N) is 1. The van der Waals surface area contributed by atoms with Crippen LogP contribution in [0.2, 0.25) is 0 Å². The number of hydrogen-bond acceptors (Lipinski definition) is 11. The van der Waals surface area contributed by atoms with Gasteiger partial charge in [-0.3, -0.25) is 18.1 Å². The first-order chi connectivity index (χ1) is 18.0. The van der Waals surface area contributed by atoms with Gasteiger partial charge in [0.25, 0.3) is 0 Å². The van der Waals surface area contributed by atoms with E-state index in [4.69, 9.17) is 24.0 Å². The summed E-state index contributed by atoms with van der Waals surface area (Å²) in [5.74, 6) is 0.837. The van der Waals surface area contributed by atoms with Gasteiger partial charge >= 0.3 is 7.82 Å². The molecule has 13 heteroatoms. The Bertz CT molecular complexity index is 1440. The zero-order valence-corrected chi connectivity index (χ0v) is 21.2. The fraction of sp³-hybridized carbons (Fsp3) is 0.292. The van der Waals surface area contributed by atoms with Crippen molar-refractivity contribution in [3.63, 3.8) is 0 Å². The summed E-state index contributed by atoms with van der Waals surface area (Å²) in [4.78, 5) is 13.1. The van der Waals surface area contributed by atoms with E-state index in [1.165, 1.54) is 18.1 Å². The number of fused-ring (bicyclic) bond motifs is 2. The van der Waals surface area contributed by atoms with Gasteiger partial charge in [-0.1, -0.05) is 72.4 Å². The van der Waals surface area contributed by atoms with Crippen LogP contribution >= 0.6 is 19.6 Å². The monoisotopic (exact) mass is 541 g/mol. The number of aromatic nitrogens is 4. The molecule has 4 aromatic rings. The van der Waals surface area contributed by atoms with Gasteiger partial charge in [-0.05, 0) is 11.1 Å². The third-order valence-electron chi connectivity index (χ3n) is 6.13. The fourth-order valence-corrected chi connectivity index (χ4v) is 6.66. The molecule has 0 aliphatic carbocycles. The van der Waals surface area contributed by atoms with Gasteiger partial charge in [-0.2, -0.15) is 0 Å². The highest BCUT2D eigenvalue weighted by atomic mass is 32.2. The van der Waals surface area contributed by atoms with Crippen LogP contribution in [0.25, 0.3) is 11.2 Å². The molecule has 0 amide bonds. The number of hydrogen-bond donors (Lipinski definition) is 2. The lowest BCUT2D eigenvalue weighted by Gasteiger charge is -2.30. The number of thioether (sulfide) groups is 1. The second-order valence-corrected chi connectivity index (χ2v) is 11.2. The van der Waals surface area contributed by atoms with Crippen LogP contribution in [0.15, 0.2) is 72.1 Å². The number of phosphoric acid groups is 1. The third kappa shape index (κ3) is 4.89. The Labute approximate surface area is 216 Å². The van der Waals surface area contributed by atoms with E-state index in [0.29, 0.717) is 22.1 Å². The van der Waals surface area contributed by atoms with Crippen LogP contribution in [-0.4, -0.2) is 49.5 Å². The Kier molecular flexibility index (Phi) is 6.72. The molecule has 2 aliphatic rings. The SMILES string of the molecule is Nc1ncnc2c1nc(SCc1ccccc1)n2[C@@H]1O[C@@H]2COP(=O)(OCc3ccccc3)O[C@H]2[C@H]1O. The average molecular weight is 542 g/mol. The second-order valence-electron chi connectivity index (χ2n) is 8.60. The summed E-state index contributed by atoms with van der Waals surface area (Å²) < 4.78 is 37.7. The van der Waals surface area contributed by atoms with Crippen molar-refractivity contribution in [1.29, 1.82) is 0 Å². The summed E-state index contributed by atoms with van der Waals surface area (Å²) in [5, 5.41) is 11.8. The maximum absolute atomic E-state index is 13.2. The van der Waals surface area contributed by atoms with E-state index in [1.807, 2.05) is 60.7 Å². The average Bonchev–Trinajstić information content (AvgIpc) is 3.45. The molecule has 2 aromatic carbocycles. The van der Waals surface area contributed by atoms with Crippen LogP contribution in [0.3, 0.4) is 0 Å². The Morgan fingerprint density at radius 2 is 1.84 bits per heavy atom. The molecule has 0 bridgehead atoms. The molecule has 5 atom stereocenters. The largest absolute Gasteiger partial charge is 0.475 e. The number of anilines is 1. The third-order valence-corrected chi connectivity index (χ3v) is 8.56. The molecule has 192 valence electrons. The molecule has 37 heavy (non-hydrogen) atoms. The van der Waals surface area contributed by atoms with Gasteiger partial charge in [0.2, 0.25) is 0 Å². The van der Waals surface area contributed by atoms with Crippen LogP contribution in [-0.2, 0) is 35.2 Å². The Morgan fingerprint density at radius 1 is 1.11 bits per heavy atom. The van der Waals surface area contributed by atoms with Gasteiger partial charge in [0, 0.05) is 5.75 Å². The summed E-state index contributed by atoms with van der Waals surface area (Å²) in [6, 6.07) is 19.2. The van der Waals surface area contributed by atoms with E-state index < -0.39 is 32.4 Å². The predicted octanol–water partition coefficient (Wildman–Crippen LogP) is 3.70. The summed E-state index contributed by atoms with van der Waals surface area (Å²) in [7, 11) is -3.93. The van der Waals surface area contributed by atoms with E-state index in [9.17, 15) is 9.67 Å². The molecule has 2 aliphatic heterocycles. The molecule has 6 rings (SSSR count). The number of ether oxygens (including phenoxy) is 1. The van der Waals surface area contributed by atoms with Crippen molar-refractivity contribution in [2.75, 3.05) is 12.3 Å². The van der Waals surface area contributed by atoms with Crippen molar-refractivity contribution in [3.05, 3.63) is 78.1 Å². The lowest BCUT2D eigenvalue weighted by molar-refractivity contribution is -0.0730. The molecular formula is C24H24N5O6PS. The number of nitrogen functional groups attached to an aromatic ring is 1. The van der Waals surface area contributed by atoms with Gasteiger partial charge in [0.05, 0.1) is 13.2 Å². The van der Waals surface area contributed by atoms with Crippen molar-refractivity contribution in [2.24, 2.45) is 0 Å². The summed E-state index contributed by atoms with van der Waals surface area (Å²) >= 11 is 1.45. The van der Waals surface area contributed by atoms with Gasteiger partial charge in [0.1, 0.15) is 24.6 Å². The Morgan fingerprint density at radius 3 is 2.59 bits per heavy atom. The van der Waals surface area contributed by atoms with Crippen molar-refractivity contribution in [2.45, 2.75) is 42.1 Å². The molecule has 2 fully saturated rings. The summed E-state index contributed by atoms with van der Waals surface area (Å²) in [6.07, 6.45) is -2.42. The number of aliphatic hydroxyl groups excluding tert-OH is 1. The highest BCUT2D eigenvalue weighted by Gasteiger charge is 2.54. The minimum Gasteiger partial charge on any atom is -0.386 e. The first-order valence-corrected chi connectivity index (χ1v) is 14.1. The number of benzene rings is 2. The number of nitrogens with zero attached hydrogens (tertiary/aromatic N) is 4. The lowest BCUT2D eigenvalue weighted by Crippen LogP contribution is -2.39. The van der Waals surface area contributed by atoms with E-state index >= 15 is 0 Å². The molecule has 11 nitrogen and oxygen atoms in total. The van der Waals surface area contributed by atoms with Crippen LogP contribution in [0.1, 0.15) is 17.4 Å². The second kappa shape index (κ2) is 10.1. The maximum atomic E-state index is 13.2. The topological polar surface area (TPSA) is 144 Å². The van der Waals surface area contributed by atoms with E-state index in [2.05, 4.69) is 15.0 Å². The first kappa shape index (κ1) is 24.5. The van der Waals surface area contributed by atoms with E-state index in [-0.39, 0.29) is 19.0 Å². The summed E-state index contributed by atoms with van der Waals surface area (Å²) in [5.41, 5.74) is 8.80. The fourth-order valence-electron chi connectivity index (χ4n) is 4.30. The van der Waals surface area contributed by atoms with Crippen molar-refractivity contribution in [3.8, 4) is 0 Å². The number of rotatable bonds is 7. The van der Waals surface area contributed by atoms with E-state index in [0.717, 1.165) is 11.1 Å². The van der Waals surface area contributed by atoms with Gasteiger partial charge in [-0.25, -0.2) is 19.5 Å². The van der Waals surface area contributed by atoms with Crippen LogP contribution < -0.4 is 5.73 Å². The molecule has 0 saturated carbocycles. The normalized spacial score (nSPS) is 27.4. The minimum absolute atomic E-state index is 0.0402. The van der Waals surface area contributed by atoms with E-state index in [1.54, 1.807) is 4.57 Å². The predicted molar refractivity (Wildman–Crippen MR) is 135 cm³/mol. The highest BCUT2D eigenvalue weighted by Crippen LogP contribution is 2.57. The Balaban J connectivity index is 1.26. The molecule has 0 radical (unpaired) electrons. The number of aliphatic hydroxyl groups is 1. The van der Waals surface area contributed by atoms with Crippen LogP contribution in [0.5, 0.6) is 0 Å². The Hall–Kier alpha value is -2.83. The molecule has 1 unspecified atom stereocenters. The zero-order chi connectivity index (χ0) is 25.4. The quantitative estimate of drug-likeness (QED) is 0.261. The smallest absolute Gasteiger partial charge is 0.386 e. The van der Waals surface area contributed by atoms with Crippen LogP contribution in [0, 0.1) is 0 Å². The summed E-state index contributed by atoms with van der Waals surface area (Å²) in [6.45, 7) is -0.0287. The van der Waals surface area contributed by atoms with Crippen molar-refractivity contribution >= 4 is 36.6 Å². The molecule has 2 saturated heterocycles. The van der Waals surface area contributed by atoms with Gasteiger partial charge in [0.15, 0.2) is 28.4 Å². The minimum atomic E-state index is -3.93. The zero-order valence-electron chi connectivity index (χ0n) is 19.5. The molecule has 2 aromatic heterocycles. The molecular weight excluding hydrogens is 517 g/mol. The lowest BCUT2D eigenvalue weighted by atomic mass is 10.1. The van der Waals surface area contributed by atoms with Crippen molar-refractivity contribution < 1.29 is 28.0 Å². The standard InChI is InChI=1S/C24H24N5O6PS/c25-21-18-22(27-14-26-21)29(24(28-18)37-13-16-9-5-2-6-10-16)23-19(30)20-17(34-23)12-33-36(31,35-20)32-11-15-7-3-1-4-8-15/h1-10,14,17,19-20,23,30H,11-13H2,(H2,25,26,27)/t17-,19-,20-,23-,36?/m1/s1. The van der Waals surface area contributed by atoms with Gasteiger partial charge in [-0.15, -0.1) is 0 Å². The number of phosphoric ester groups is 1. The maximum Gasteiger partial charge on any atom is 0.475 e. The molecule has 0 spiro atoms. The highest BCUT2D eigenvalue weighted by molar-refractivity contribution is 7.98. The molecule has 4 heterocycles. The first-order valence-electron chi connectivity index (χ1n) is 11.6. The van der Waals surface area contributed by atoms with Crippen LogP contribution in [0.4, 0.5) is 5.82 Å².